The fourth-order valence-electron chi connectivity index (χ4n) is 3.77. The standard InChI is InChI=1S/C23H19ClF3N3O2/c24-20-19(22(31)29-8-5-15(6-9-29)4-3-14-1-2-14)28-21-18(23(25,26)27)11-17(12-30(20)21)16-7-10-32-13-16/h3-5,7,10-14H,1-2,6,8-9H2. The van der Waals surface area contributed by atoms with E-state index in [2.05, 4.69) is 17.1 Å². The maximum atomic E-state index is 13.8. The van der Waals surface area contributed by atoms with Crippen LogP contribution < -0.4 is 0 Å². The summed E-state index contributed by atoms with van der Waals surface area (Å²) in [5.74, 6) is 0.181. The number of alkyl halides is 3. The van der Waals surface area contributed by atoms with Gasteiger partial charge in [0.05, 0.1) is 18.1 Å². The first-order valence-corrected chi connectivity index (χ1v) is 10.7. The monoisotopic (exact) mass is 461 g/mol. The van der Waals surface area contributed by atoms with E-state index in [1.54, 1.807) is 11.0 Å². The molecule has 4 heterocycles. The summed E-state index contributed by atoms with van der Waals surface area (Å²) in [6.07, 6.45) is 8.85. The molecule has 5 nitrogen and oxygen atoms in total. The van der Waals surface area contributed by atoms with E-state index in [0.717, 1.165) is 16.0 Å². The molecular weight excluding hydrogens is 443 g/mol. The summed E-state index contributed by atoms with van der Waals surface area (Å²) >= 11 is 6.38. The quantitative estimate of drug-likeness (QED) is 0.478. The number of imidazole rings is 1. The van der Waals surface area contributed by atoms with Gasteiger partial charge in [0.1, 0.15) is 5.15 Å². The summed E-state index contributed by atoms with van der Waals surface area (Å²) in [6.45, 7) is 0.816. The smallest absolute Gasteiger partial charge is 0.420 e. The molecule has 166 valence electrons. The minimum atomic E-state index is -4.67. The molecule has 9 heteroatoms. The number of allylic oxidation sites excluding steroid dienone is 2. The number of hydrogen-bond donors (Lipinski definition) is 0. The Morgan fingerprint density at radius 3 is 2.72 bits per heavy atom. The Bertz CT molecular complexity index is 1240. The number of nitrogens with zero attached hydrogens (tertiary/aromatic N) is 3. The Morgan fingerprint density at radius 2 is 2.09 bits per heavy atom. The third kappa shape index (κ3) is 3.95. The van der Waals surface area contributed by atoms with E-state index in [9.17, 15) is 18.0 Å². The molecular formula is C23H19ClF3N3O2. The highest BCUT2D eigenvalue weighted by Crippen LogP contribution is 2.37. The molecule has 32 heavy (non-hydrogen) atoms. The summed E-state index contributed by atoms with van der Waals surface area (Å²) in [6, 6.07) is 2.54. The van der Waals surface area contributed by atoms with Crippen LogP contribution in [0.25, 0.3) is 16.8 Å². The fourth-order valence-corrected chi connectivity index (χ4v) is 4.02. The van der Waals surface area contributed by atoms with E-state index in [1.165, 1.54) is 31.6 Å². The number of rotatable bonds is 4. The number of pyridine rings is 1. The van der Waals surface area contributed by atoms with Gasteiger partial charge in [0.2, 0.25) is 0 Å². The molecule has 0 N–H and O–H groups in total. The molecule has 0 atom stereocenters. The predicted octanol–water partition coefficient (Wildman–Crippen LogP) is 6.01. The second kappa shape index (κ2) is 7.85. The molecule has 1 aliphatic heterocycles. The Labute approximate surface area is 186 Å². The lowest BCUT2D eigenvalue weighted by Gasteiger charge is -2.25. The SMILES string of the molecule is O=C(c1nc2c(C(F)(F)F)cc(-c3ccoc3)cn2c1Cl)N1CC=C(C=CC2CC2)CC1. The number of carbonyl (C=O) groups excluding carboxylic acids is 1. The van der Waals surface area contributed by atoms with E-state index in [-0.39, 0.29) is 16.4 Å². The molecule has 3 aromatic rings. The second-order valence-corrected chi connectivity index (χ2v) is 8.43. The number of amides is 1. The zero-order valence-electron chi connectivity index (χ0n) is 16.9. The van der Waals surface area contributed by atoms with Gasteiger partial charge in [-0.05, 0) is 42.9 Å². The zero-order chi connectivity index (χ0) is 22.5. The van der Waals surface area contributed by atoms with Gasteiger partial charge in [-0.1, -0.05) is 29.8 Å². The highest BCUT2D eigenvalue weighted by atomic mass is 35.5. The summed E-state index contributed by atoms with van der Waals surface area (Å²) in [5, 5.41) is -0.149. The Morgan fingerprint density at radius 1 is 1.28 bits per heavy atom. The van der Waals surface area contributed by atoms with Crippen LogP contribution in [0.2, 0.25) is 5.15 Å². The topological polar surface area (TPSA) is 50.8 Å². The Balaban J connectivity index is 1.49. The molecule has 1 amide bonds. The van der Waals surface area contributed by atoms with Gasteiger partial charge in [-0.15, -0.1) is 0 Å². The van der Waals surface area contributed by atoms with Crippen molar-refractivity contribution >= 4 is 23.2 Å². The Hall–Kier alpha value is -3.00. The number of aromatic nitrogens is 2. The van der Waals surface area contributed by atoms with Gasteiger partial charge in [0.25, 0.3) is 5.91 Å². The third-order valence-electron chi connectivity index (χ3n) is 5.76. The molecule has 1 aliphatic carbocycles. The first-order valence-electron chi connectivity index (χ1n) is 10.3. The number of carbonyl (C=O) groups is 1. The maximum Gasteiger partial charge on any atom is 0.420 e. The average molecular weight is 462 g/mol. The van der Waals surface area contributed by atoms with Crippen molar-refractivity contribution in [1.29, 1.82) is 0 Å². The van der Waals surface area contributed by atoms with Crippen LogP contribution in [0.4, 0.5) is 13.2 Å². The minimum Gasteiger partial charge on any atom is -0.472 e. The van der Waals surface area contributed by atoms with Gasteiger partial charge in [-0.25, -0.2) is 4.98 Å². The molecule has 1 saturated carbocycles. The lowest BCUT2D eigenvalue weighted by Crippen LogP contribution is -2.35. The molecule has 0 unspecified atom stereocenters. The van der Waals surface area contributed by atoms with Crippen LogP contribution in [0.3, 0.4) is 0 Å². The van der Waals surface area contributed by atoms with Crippen molar-refractivity contribution in [3.8, 4) is 11.1 Å². The van der Waals surface area contributed by atoms with Crippen LogP contribution in [0.15, 0.2) is 59.1 Å². The van der Waals surface area contributed by atoms with Crippen molar-refractivity contribution in [2.24, 2.45) is 5.92 Å². The Kier molecular flexibility index (Phi) is 5.12. The van der Waals surface area contributed by atoms with Gasteiger partial charge in [0, 0.05) is 30.4 Å². The molecule has 3 aromatic heterocycles. The zero-order valence-corrected chi connectivity index (χ0v) is 17.7. The van der Waals surface area contributed by atoms with Crippen molar-refractivity contribution in [2.45, 2.75) is 25.4 Å². The summed E-state index contributed by atoms with van der Waals surface area (Å²) in [7, 11) is 0. The van der Waals surface area contributed by atoms with Gasteiger partial charge in [-0.2, -0.15) is 13.2 Å². The van der Waals surface area contributed by atoms with Gasteiger partial charge >= 0.3 is 6.18 Å². The largest absolute Gasteiger partial charge is 0.472 e. The van der Waals surface area contributed by atoms with Gasteiger partial charge < -0.3 is 9.32 Å². The summed E-state index contributed by atoms with van der Waals surface area (Å²) in [5.41, 5.74) is 0.313. The molecule has 0 aromatic carbocycles. The van der Waals surface area contributed by atoms with Crippen LogP contribution in [-0.2, 0) is 6.18 Å². The fraction of sp³-hybridized carbons (Fsp3) is 0.304. The lowest BCUT2D eigenvalue weighted by molar-refractivity contribution is -0.136. The molecule has 2 aliphatic rings. The van der Waals surface area contributed by atoms with Crippen molar-refractivity contribution in [1.82, 2.24) is 14.3 Å². The van der Waals surface area contributed by atoms with Crippen LogP contribution in [-0.4, -0.2) is 33.3 Å². The normalized spacial score (nSPS) is 17.4. The highest BCUT2D eigenvalue weighted by molar-refractivity contribution is 6.33. The van der Waals surface area contributed by atoms with E-state index >= 15 is 0 Å². The van der Waals surface area contributed by atoms with Crippen molar-refractivity contribution in [3.63, 3.8) is 0 Å². The van der Waals surface area contributed by atoms with Crippen LogP contribution in [0.1, 0.15) is 35.3 Å². The van der Waals surface area contributed by atoms with E-state index in [0.29, 0.717) is 31.0 Å². The first-order chi connectivity index (χ1) is 15.3. The molecule has 1 fully saturated rings. The minimum absolute atomic E-state index is 0.149. The van der Waals surface area contributed by atoms with Crippen LogP contribution in [0.5, 0.6) is 0 Å². The maximum absolute atomic E-state index is 13.8. The summed E-state index contributed by atoms with van der Waals surface area (Å²) < 4.78 is 47.5. The first kappa shape index (κ1) is 20.9. The predicted molar refractivity (Wildman–Crippen MR) is 113 cm³/mol. The van der Waals surface area contributed by atoms with Crippen LogP contribution >= 0.6 is 11.6 Å². The molecule has 0 spiro atoms. The molecule has 5 rings (SSSR count). The van der Waals surface area contributed by atoms with E-state index in [4.69, 9.17) is 16.0 Å². The van der Waals surface area contributed by atoms with Crippen molar-refractivity contribution in [3.05, 3.63) is 71.1 Å². The number of fused-ring (bicyclic) bond motifs is 1. The second-order valence-electron chi connectivity index (χ2n) is 8.07. The lowest BCUT2D eigenvalue weighted by atomic mass is 10.1. The average Bonchev–Trinajstić information content (AvgIpc) is 3.32. The number of hydrogen-bond acceptors (Lipinski definition) is 3. The van der Waals surface area contributed by atoms with E-state index in [1.807, 2.05) is 6.08 Å². The third-order valence-corrected chi connectivity index (χ3v) is 6.12. The summed E-state index contributed by atoms with van der Waals surface area (Å²) in [4.78, 5) is 18.6. The molecule has 0 saturated heterocycles. The van der Waals surface area contributed by atoms with Crippen molar-refractivity contribution in [2.75, 3.05) is 13.1 Å². The molecule has 0 bridgehead atoms. The number of halogens is 4. The van der Waals surface area contributed by atoms with Crippen molar-refractivity contribution < 1.29 is 22.4 Å². The van der Waals surface area contributed by atoms with Crippen LogP contribution in [0, 0.1) is 5.92 Å². The van der Waals surface area contributed by atoms with E-state index < -0.39 is 23.3 Å². The van der Waals surface area contributed by atoms with Gasteiger partial charge in [0.15, 0.2) is 11.3 Å². The highest BCUT2D eigenvalue weighted by Gasteiger charge is 2.36. The van der Waals surface area contributed by atoms with Gasteiger partial charge in [-0.3, -0.25) is 9.20 Å². The number of furan rings is 1. The molecule has 0 radical (unpaired) electrons.